The van der Waals surface area contributed by atoms with Gasteiger partial charge < -0.3 is 5.11 Å². The molecule has 0 spiro atoms. The second-order valence-corrected chi connectivity index (χ2v) is 6.64. The Balaban J connectivity index is 2.34. The zero-order valence-electron chi connectivity index (χ0n) is 10.8. The first kappa shape index (κ1) is 12.1. The maximum absolute atomic E-state index is 11.9. The molecule has 2 aliphatic carbocycles. The lowest BCUT2D eigenvalue weighted by molar-refractivity contribution is -0.146. The minimum Gasteiger partial charge on any atom is -0.396 e. The molecule has 0 aliphatic heterocycles. The number of carbonyl (C=O) groups is 1. The second-order valence-electron chi connectivity index (χ2n) is 6.64. The van der Waals surface area contributed by atoms with Crippen LogP contribution >= 0.6 is 0 Å². The molecule has 2 saturated carbocycles. The van der Waals surface area contributed by atoms with Gasteiger partial charge in [-0.2, -0.15) is 0 Å². The Bertz CT molecular complexity index is 295. The topological polar surface area (TPSA) is 37.3 Å². The van der Waals surface area contributed by atoms with Gasteiger partial charge in [0.05, 0.1) is 6.61 Å². The molecule has 0 radical (unpaired) electrons. The quantitative estimate of drug-likeness (QED) is 0.743. The first-order valence-corrected chi connectivity index (χ1v) is 6.55. The Morgan fingerprint density at radius 2 is 2.00 bits per heavy atom. The molecule has 0 unspecified atom stereocenters. The van der Waals surface area contributed by atoms with E-state index in [1.807, 2.05) is 0 Å². The molecular weight excluding hydrogens is 200 g/mol. The minimum atomic E-state index is -0.106. The minimum absolute atomic E-state index is 0.0436. The lowest BCUT2D eigenvalue weighted by Gasteiger charge is -2.56. The molecule has 0 saturated heterocycles. The fourth-order valence-electron chi connectivity index (χ4n) is 4.44. The smallest absolute Gasteiger partial charge is 0.138 e. The number of aliphatic hydroxyl groups is 1. The highest BCUT2D eigenvalue weighted by molar-refractivity contribution is 5.83. The molecule has 2 heteroatoms. The van der Waals surface area contributed by atoms with Crippen LogP contribution in [0.3, 0.4) is 0 Å². The van der Waals surface area contributed by atoms with Crippen molar-refractivity contribution in [1.82, 2.24) is 0 Å². The summed E-state index contributed by atoms with van der Waals surface area (Å²) in [6.07, 6.45) is 5.27. The standard InChI is InChI=1S/C14H24O2/c1-13(2)7-4-8-14(3)10(9-15)11(16)5-6-12(13)14/h10,12,15H,4-9H2,1-3H3/t10-,12+,14+/m0/s1. The summed E-state index contributed by atoms with van der Waals surface area (Å²) in [6.45, 7) is 6.94. The highest BCUT2D eigenvalue weighted by Gasteiger charge is 2.54. The van der Waals surface area contributed by atoms with Gasteiger partial charge in [0.25, 0.3) is 0 Å². The van der Waals surface area contributed by atoms with Crippen molar-refractivity contribution in [2.75, 3.05) is 6.61 Å². The first-order chi connectivity index (χ1) is 7.42. The number of Topliss-reactive ketones (excluding diaryl/α,β-unsaturated/α-hetero) is 1. The molecule has 16 heavy (non-hydrogen) atoms. The molecule has 0 bridgehead atoms. The van der Waals surface area contributed by atoms with Crippen molar-refractivity contribution in [1.29, 1.82) is 0 Å². The monoisotopic (exact) mass is 224 g/mol. The highest BCUT2D eigenvalue weighted by atomic mass is 16.3. The number of fused-ring (bicyclic) bond motifs is 1. The van der Waals surface area contributed by atoms with Crippen molar-refractivity contribution >= 4 is 5.78 Å². The van der Waals surface area contributed by atoms with E-state index in [4.69, 9.17) is 0 Å². The van der Waals surface area contributed by atoms with Crippen LogP contribution in [0.15, 0.2) is 0 Å². The summed E-state index contributed by atoms with van der Waals surface area (Å²) >= 11 is 0. The van der Waals surface area contributed by atoms with Gasteiger partial charge in [-0.25, -0.2) is 0 Å². The van der Waals surface area contributed by atoms with E-state index in [1.165, 1.54) is 12.8 Å². The van der Waals surface area contributed by atoms with Gasteiger partial charge in [-0.3, -0.25) is 4.79 Å². The molecule has 0 amide bonds. The molecule has 2 nitrogen and oxygen atoms in total. The van der Waals surface area contributed by atoms with Crippen LogP contribution in [0.4, 0.5) is 0 Å². The Morgan fingerprint density at radius 1 is 1.31 bits per heavy atom. The van der Waals surface area contributed by atoms with E-state index in [-0.39, 0.29) is 17.9 Å². The van der Waals surface area contributed by atoms with Crippen LogP contribution in [0, 0.1) is 22.7 Å². The van der Waals surface area contributed by atoms with Crippen molar-refractivity contribution in [2.24, 2.45) is 22.7 Å². The van der Waals surface area contributed by atoms with E-state index in [0.717, 1.165) is 12.8 Å². The average molecular weight is 224 g/mol. The summed E-state index contributed by atoms with van der Waals surface area (Å²) in [4.78, 5) is 11.9. The van der Waals surface area contributed by atoms with Gasteiger partial charge in [-0.1, -0.05) is 27.2 Å². The maximum Gasteiger partial charge on any atom is 0.138 e. The summed E-state index contributed by atoms with van der Waals surface area (Å²) in [6, 6.07) is 0. The third-order valence-electron chi connectivity index (χ3n) is 5.32. The summed E-state index contributed by atoms with van der Waals surface area (Å²) in [5.41, 5.74) is 0.382. The molecule has 2 fully saturated rings. The molecule has 92 valence electrons. The maximum atomic E-state index is 11.9. The van der Waals surface area contributed by atoms with Crippen LogP contribution in [-0.4, -0.2) is 17.5 Å². The molecule has 1 N–H and O–H groups in total. The van der Waals surface area contributed by atoms with Crippen molar-refractivity contribution in [3.8, 4) is 0 Å². The Hall–Kier alpha value is -0.370. The molecule has 0 aromatic heterocycles. The summed E-state index contributed by atoms with van der Waals surface area (Å²) in [5.74, 6) is 0.786. The van der Waals surface area contributed by atoms with E-state index >= 15 is 0 Å². The fraction of sp³-hybridized carbons (Fsp3) is 0.929. The van der Waals surface area contributed by atoms with E-state index in [0.29, 0.717) is 23.5 Å². The third kappa shape index (κ3) is 1.62. The fourth-order valence-corrected chi connectivity index (χ4v) is 4.44. The molecular formula is C14H24O2. The SMILES string of the molecule is CC1(C)CCC[C@@]2(C)[C@@H]1CCC(=O)[C@@H]2CO. The lowest BCUT2D eigenvalue weighted by Crippen LogP contribution is -2.52. The van der Waals surface area contributed by atoms with Gasteiger partial charge in [0, 0.05) is 12.3 Å². The predicted molar refractivity (Wildman–Crippen MR) is 64.0 cm³/mol. The molecule has 2 aliphatic rings. The molecule has 0 heterocycles. The summed E-state index contributed by atoms with van der Waals surface area (Å²) in [7, 11) is 0. The molecule has 0 aromatic carbocycles. The number of carbonyl (C=O) groups excluding carboxylic acids is 1. The van der Waals surface area contributed by atoms with E-state index < -0.39 is 0 Å². The number of hydrogen-bond donors (Lipinski definition) is 1. The van der Waals surface area contributed by atoms with E-state index in [1.54, 1.807) is 0 Å². The number of rotatable bonds is 1. The van der Waals surface area contributed by atoms with Crippen molar-refractivity contribution in [2.45, 2.75) is 52.9 Å². The highest BCUT2D eigenvalue weighted by Crippen LogP contribution is 2.58. The van der Waals surface area contributed by atoms with Crippen LogP contribution in [0.1, 0.15) is 52.9 Å². The van der Waals surface area contributed by atoms with Gasteiger partial charge in [0.2, 0.25) is 0 Å². The molecule has 0 aromatic rings. The van der Waals surface area contributed by atoms with Crippen LogP contribution in [0.5, 0.6) is 0 Å². The number of aliphatic hydroxyl groups excluding tert-OH is 1. The van der Waals surface area contributed by atoms with Gasteiger partial charge in [0.15, 0.2) is 0 Å². The molecule has 2 rings (SSSR count). The van der Waals surface area contributed by atoms with E-state index in [2.05, 4.69) is 20.8 Å². The average Bonchev–Trinajstić information content (AvgIpc) is 2.15. The van der Waals surface area contributed by atoms with Crippen molar-refractivity contribution in [3.63, 3.8) is 0 Å². The summed E-state index contributed by atoms with van der Waals surface area (Å²) < 4.78 is 0. The van der Waals surface area contributed by atoms with Crippen LogP contribution in [0.25, 0.3) is 0 Å². The second kappa shape index (κ2) is 3.83. The number of hydrogen-bond acceptors (Lipinski definition) is 2. The Labute approximate surface area is 98.4 Å². The van der Waals surface area contributed by atoms with Gasteiger partial charge >= 0.3 is 0 Å². The zero-order valence-corrected chi connectivity index (χ0v) is 10.8. The van der Waals surface area contributed by atoms with Crippen LogP contribution < -0.4 is 0 Å². The normalized spacial score (nSPS) is 42.9. The lowest BCUT2D eigenvalue weighted by atomic mass is 9.48. The molecule has 3 atom stereocenters. The third-order valence-corrected chi connectivity index (χ3v) is 5.32. The van der Waals surface area contributed by atoms with E-state index in [9.17, 15) is 9.90 Å². The predicted octanol–water partition coefficient (Wildman–Crippen LogP) is 2.79. The largest absolute Gasteiger partial charge is 0.396 e. The first-order valence-electron chi connectivity index (χ1n) is 6.55. The van der Waals surface area contributed by atoms with Gasteiger partial charge in [-0.15, -0.1) is 0 Å². The number of ketones is 1. The van der Waals surface area contributed by atoms with Crippen LogP contribution in [0.2, 0.25) is 0 Å². The Morgan fingerprint density at radius 3 is 2.62 bits per heavy atom. The van der Waals surface area contributed by atoms with Crippen molar-refractivity contribution < 1.29 is 9.90 Å². The van der Waals surface area contributed by atoms with Gasteiger partial charge in [0.1, 0.15) is 5.78 Å². The van der Waals surface area contributed by atoms with Crippen molar-refractivity contribution in [3.05, 3.63) is 0 Å². The van der Waals surface area contributed by atoms with Crippen LogP contribution in [-0.2, 0) is 4.79 Å². The van der Waals surface area contributed by atoms with Gasteiger partial charge in [-0.05, 0) is 36.0 Å². The Kier molecular flexibility index (Phi) is 2.90. The summed E-state index contributed by atoms with van der Waals surface area (Å²) in [5, 5.41) is 9.51. The zero-order chi connectivity index (χ0) is 12.0.